The van der Waals surface area contributed by atoms with Gasteiger partial charge in [-0.25, -0.2) is 0 Å². The number of benzene rings is 2. The molecule has 0 saturated heterocycles. The lowest BCUT2D eigenvalue weighted by atomic mass is 10.1. The van der Waals surface area contributed by atoms with Crippen molar-refractivity contribution in [3.8, 4) is 0 Å². The molecule has 0 bridgehead atoms. The molecule has 0 unspecified atom stereocenters. The third kappa shape index (κ3) is 5.08. The Balaban J connectivity index is 1.58. The van der Waals surface area contributed by atoms with E-state index in [2.05, 4.69) is 10.3 Å². The van der Waals surface area contributed by atoms with Crippen molar-refractivity contribution in [1.29, 1.82) is 0 Å². The number of nitrogens with one attached hydrogen (secondary N) is 1. The van der Waals surface area contributed by atoms with Crippen molar-refractivity contribution in [2.24, 2.45) is 0 Å². The van der Waals surface area contributed by atoms with Crippen LogP contribution in [0, 0.1) is 0 Å². The van der Waals surface area contributed by atoms with Gasteiger partial charge in [-0.15, -0.1) is 0 Å². The molecular weight excluding hydrogens is 374 g/mol. The van der Waals surface area contributed by atoms with E-state index in [1.165, 1.54) is 6.92 Å². The maximum absolute atomic E-state index is 12.2. The van der Waals surface area contributed by atoms with Gasteiger partial charge in [-0.2, -0.15) is 0 Å². The van der Waals surface area contributed by atoms with Crippen LogP contribution in [0.3, 0.4) is 0 Å². The van der Waals surface area contributed by atoms with E-state index in [-0.39, 0.29) is 18.2 Å². The van der Waals surface area contributed by atoms with Crippen LogP contribution in [0.4, 0.5) is 5.69 Å². The van der Waals surface area contributed by atoms with Crippen LogP contribution < -0.4 is 10.2 Å². The van der Waals surface area contributed by atoms with E-state index >= 15 is 0 Å². The van der Waals surface area contributed by atoms with Crippen molar-refractivity contribution in [1.82, 2.24) is 10.3 Å². The number of hydrogen-bond donors (Lipinski definition) is 1. The molecule has 144 valence electrons. The molecule has 0 saturated carbocycles. The first-order chi connectivity index (χ1) is 13.5. The fourth-order valence-corrected chi connectivity index (χ4v) is 3.18. The van der Waals surface area contributed by atoms with Crippen molar-refractivity contribution in [2.75, 3.05) is 18.0 Å². The molecular formula is C22H22ClN3O2. The van der Waals surface area contributed by atoms with Crippen molar-refractivity contribution in [3.05, 3.63) is 71.4 Å². The average Bonchev–Trinajstić information content (AvgIpc) is 2.69. The Hall–Kier alpha value is -2.92. The van der Waals surface area contributed by atoms with Gasteiger partial charge in [0.1, 0.15) is 0 Å². The Bertz CT molecular complexity index is 968. The van der Waals surface area contributed by atoms with Crippen LogP contribution in [-0.2, 0) is 16.0 Å². The summed E-state index contributed by atoms with van der Waals surface area (Å²) in [5.41, 5.74) is 2.58. The summed E-state index contributed by atoms with van der Waals surface area (Å²) >= 11 is 5.87. The molecule has 1 heterocycles. The fraction of sp³-hybridized carbons (Fsp3) is 0.227. The number of para-hydroxylation sites is 1. The molecule has 3 rings (SSSR count). The molecule has 5 nitrogen and oxygen atoms in total. The predicted molar refractivity (Wildman–Crippen MR) is 113 cm³/mol. The second-order valence-electron chi connectivity index (χ2n) is 6.50. The molecule has 0 aliphatic carbocycles. The highest BCUT2D eigenvalue weighted by molar-refractivity contribution is 6.30. The predicted octanol–water partition coefficient (Wildman–Crippen LogP) is 3.99. The summed E-state index contributed by atoms with van der Waals surface area (Å²) in [6, 6.07) is 17.1. The molecule has 2 amide bonds. The number of carbonyl (C=O) groups is 2. The molecule has 6 heteroatoms. The van der Waals surface area contributed by atoms with Crippen LogP contribution in [-0.4, -0.2) is 29.9 Å². The molecule has 0 atom stereocenters. The largest absolute Gasteiger partial charge is 0.356 e. The maximum atomic E-state index is 12.2. The third-order valence-electron chi connectivity index (χ3n) is 4.49. The minimum atomic E-state index is -0.118. The highest BCUT2D eigenvalue weighted by atomic mass is 35.5. The van der Waals surface area contributed by atoms with Gasteiger partial charge >= 0.3 is 0 Å². The molecule has 2 aromatic carbocycles. The van der Waals surface area contributed by atoms with Crippen LogP contribution in [0.1, 0.15) is 18.9 Å². The van der Waals surface area contributed by atoms with Gasteiger partial charge in [0, 0.05) is 43.0 Å². The number of halogens is 1. The fourth-order valence-electron chi connectivity index (χ4n) is 3.05. The summed E-state index contributed by atoms with van der Waals surface area (Å²) in [6.45, 7) is 2.34. The van der Waals surface area contributed by atoms with Gasteiger partial charge in [0.05, 0.1) is 11.2 Å². The molecule has 28 heavy (non-hydrogen) atoms. The van der Waals surface area contributed by atoms with E-state index in [1.807, 2.05) is 54.6 Å². The van der Waals surface area contributed by atoms with E-state index in [4.69, 9.17) is 11.6 Å². The van der Waals surface area contributed by atoms with Crippen molar-refractivity contribution < 1.29 is 9.59 Å². The Labute approximate surface area is 169 Å². The number of amides is 2. The van der Waals surface area contributed by atoms with E-state index in [0.29, 0.717) is 18.1 Å². The van der Waals surface area contributed by atoms with Gasteiger partial charge in [-0.1, -0.05) is 41.9 Å². The summed E-state index contributed by atoms with van der Waals surface area (Å²) in [4.78, 5) is 30.4. The minimum Gasteiger partial charge on any atom is -0.356 e. The number of nitrogens with zero attached hydrogens (tertiary/aromatic N) is 2. The Morgan fingerprint density at radius 1 is 1.07 bits per heavy atom. The van der Waals surface area contributed by atoms with Gasteiger partial charge in [0.25, 0.3) is 0 Å². The van der Waals surface area contributed by atoms with Crippen molar-refractivity contribution in [3.63, 3.8) is 0 Å². The Kier molecular flexibility index (Phi) is 6.61. The summed E-state index contributed by atoms with van der Waals surface area (Å²) < 4.78 is 0. The molecule has 0 fully saturated rings. The van der Waals surface area contributed by atoms with Gasteiger partial charge in [0.2, 0.25) is 11.8 Å². The Morgan fingerprint density at radius 3 is 2.57 bits per heavy atom. The molecule has 0 radical (unpaired) electrons. The zero-order chi connectivity index (χ0) is 19.9. The van der Waals surface area contributed by atoms with Crippen LogP contribution in [0.25, 0.3) is 10.9 Å². The normalized spacial score (nSPS) is 10.6. The number of rotatable bonds is 7. The van der Waals surface area contributed by atoms with Crippen molar-refractivity contribution in [2.45, 2.75) is 19.8 Å². The number of anilines is 1. The zero-order valence-electron chi connectivity index (χ0n) is 15.7. The second-order valence-corrected chi connectivity index (χ2v) is 6.94. The molecule has 0 spiro atoms. The number of aromatic nitrogens is 1. The molecule has 3 aromatic rings. The van der Waals surface area contributed by atoms with Crippen LogP contribution in [0.15, 0.2) is 60.8 Å². The van der Waals surface area contributed by atoms with Crippen molar-refractivity contribution >= 4 is 40.0 Å². The standard InChI is InChI=1S/C22H22ClN3O2/c1-16(27)26(20-6-2-4-18-5-3-13-25-22(18)20)15-12-21(28)24-14-11-17-7-9-19(23)10-8-17/h2-10,13H,11-12,14-15H2,1H3,(H,24,28). The van der Waals surface area contributed by atoms with E-state index in [9.17, 15) is 9.59 Å². The summed E-state index contributed by atoms with van der Waals surface area (Å²) in [5, 5.41) is 4.55. The highest BCUT2D eigenvalue weighted by Gasteiger charge is 2.16. The lowest BCUT2D eigenvalue weighted by Gasteiger charge is -2.22. The third-order valence-corrected chi connectivity index (χ3v) is 4.75. The first-order valence-corrected chi connectivity index (χ1v) is 9.55. The Morgan fingerprint density at radius 2 is 1.82 bits per heavy atom. The van der Waals surface area contributed by atoms with Gasteiger partial charge < -0.3 is 10.2 Å². The monoisotopic (exact) mass is 395 g/mol. The minimum absolute atomic E-state index is 0.0894. The van der Waals surface area contributed by atoms with Gasteiger partial charge in [-0.3, -0.25) is 14.6 Å². The highest BCUT2D eigenvalue weighted by Crippen LogP contribution is 2.25. The van der Waals surface area contributed by atoms with Crippen LogP contribution in [0.5, 0.6) is 0 Å². The van der Waals surface area contributed by atoms with E-state index in [0.717, 1.165) is 28.6 Å². The second kappa shape index (κ2) is 9.33. The first-order valence-electron chi connectivity index (χ1n) is 9.17. The number of fused-ring (bicyclic) bond motifs is 1. The van der Waals surface area contributed by atoms with E-state index < -0.39 is 0 Å². The zero-order valence-corrected chi connectivity index (χ0v) is 16.4. The average molecular weight is 396 g/mol. The summed E-state index contributed by atoms with van der Waals surface area (Å²) in [7, 11) is 0. The number of hydrogen-bond acceptors (Lipinski definition) is 3. The quantitative estimate of drug-likeness (QED) is 0.658. The maximum Gasteiger partial charge on any atom is 0.223 e. The molecule has 1 aromatic heterocycles. The summed E-state index contributed by atoms with van der Waals surface area (Å²) in [6.07, 6.45) is 2.66. The number of pyridine rings is 1. The van der Waals surface area contributed by atoms with Gasteiger partial charge in [0.15, 0.2) is 0 Å². The first kappa shape index (κ1) is 19.8. The molecule has 1 N–H and O–H groups in total. The topological polar surface area (TPSA) is 62.3 Å². The lowest BCUT2D eigenvalue weighted by Crippen LogP contribution is -2.34. The molecule has 0 aliphatic heterocycles. The van der Waals surface area contributed by atoms with Crippen LogP contribution >= 0.6 is 11.6 Å². The SMILES string of the molecule is CC(=O)N(CCC(=O)NCCc1ccc(Cl)cc1)c1cccc2cccnc12. The number of carbonyl (C=O) groups excluding carboxylic acids is 2. The summed E-state index contributed by atoms with van der Waals surface area (Å²) in [5.74, 6) is -0.208. The van der Waals surface area contributed by atoms with E-state index in [1.54, 1.807) is 11.1 Å². The molecule has 0 aliphatic rings. The smallest absolute Gasteiger partial charge is 0.223 e. The lowest BCUT2D eigenvalue weighted by molar-refractivity contribution is -0.121. The van der Waals surface area contributed by atoms with Gasteiger partial charge in [-0.05, 0) is 36.2 Å². The van der Waals surface area contributed by atoms with Crippen LogP contribution in [0.2, 0.25) is 5.02 Å².